The van der Waals surface area contributed by atoms with Crippen LogP contribution in [0.3, 0.4) is 0 Å². The van der Waals surface area contributed by atoms with Gasteiger partial charge in [0.05, 0.1) is 0 Å². The molecule has 0 radical (unpaired) electrons. The minimum Gasteiger partial charge on any atom is -0.450 e. The average molecular weight is 302 g/mol. The van der Waals surface area contributed by atoms with Crippen LogP contribution < -0.4 is 5.32 Å². The van der Waals surface area contributed by atoms with Gasteiger partial charge in [0.15, 0.2) is 4.67 Å². The van der Waals surface area contributed by atoms with Crippen molar-refractivity contribution in [1.82, 2.24) is 5.32 Å². The van der Waals surface area contributed by atoms with E-state index >= 15 is 0 Å². The zero-order chi connectivity index (χ0) is 12.5. The maximum Gasteiger partial charge on any atom is 0.244 e. The number of hydrogen-bond donors (Lipinski definition) is 2. The van der Waals surface area contributed by atoms with Crippen LogP contribution in [0.15, 0.2) is 27.3 Å². The Morgan fingerprint density at radius 2 is 2.24 bits per heavy atom. The highest BCUT2D eigenvalue weighted by atomic mass is 79.9. The number of unbranched alkanes of at least 4 members (excludes halogenated alkanes) is 2. The van der Waals surface area contributed by atoms with E-state index in [0.717, 1.165) is 19.3 Å². The largest absolute Gasteiger partial charge is 0.450 e. The molecule has 0 spiro atoms. The molecule has 0 aliphatic rings. The van der Waals surface area contributed by atoms with Gasteiger partial charge in [-0.1, -0.05) is 0 Å². The molecule has 0 saturated heterocycles. The second kappa shape index (κ2) is 8.08. The zero-order valence-electron chi connectivity index (χ0n) is 9.49. The molecule has 0 aliphatic carbocycles. The Labute approximate surface area is 109 Å². The Balaban J connectivity index is 2.18. The van der Waals surface area contributed by atoms with Gasteiger partial charge >= 0.3 is 0 Å². The summed E-state index contributed by atoms with van der Waals surface area (Å²) in [4.78, 5) is 11.4. The first-order valence-electron chi connectivity index (χ1n) is 5.54. The summed E-state index contributed by atoms with van der Waals surface area (Å²) in [6, 6.07) is 3.54. The van der Waals surface area contributed by atoms with Crippen LogP contribution in [-0.2, 0) is 4.79 Å². The summed E-state index contributed by atoms with van der Waals surface area (Å²) in [5, 5.41) is 11.3. The number of aliphatic hydroxyl groups is 1. The molecule has 5 heteroatoms. The van der Waals surface area contributed by atoms with Crippen molar-refractivity contribution in [1.29, 1.82) is 0 Å². The van der Waals surface area contributed by atoms with Gasteiger partial charge in [-0.05, 0) is 53.4 Å². The minimum atomic E-state index is -0.137. The molecule has 1 rings (SSSR count). The standard InChI is InChI=1S/C12H16BrNO3/c13-11-6-4-10(17-11)5-7-12(16)14-8-2-1-3-9-15/h4-7,15H,1-3,8-9H2,(H,14,16)/b7-5+. The van der Waals surface area contributed by atoms with Gasteiger partial charge in [-0.2, -0.15) is 0 Å². The maximum atomic E-state index is 11.4. The van der Waals surface area contributed by atoms with Gasteiger partial charge < -0.3 is 14.8 Å². The summed E-state index contributed by atoms with van der Waals surface area (Å²) >= 11 is 3.18. The molecule has 17 heavy (non-hydrogen) atoms. The second-order valence-electron chi connectivity index (χ2n) is 3.55. The summed E-state index contributed by atoms with van der Waals surface area (Å²) in [5.74, 6) is 0.494. The number of furan rings is 1. The number of amides is 1. The number of nitrogens with one attached hydrogen (secondary N) is 1. The van der Waals surface area contributed by atoms with E-state index in [2.05, 4.69) is 21.2 Å². The molecule has 0 aromatic carbocycles. The molecular formula is C12H16BrNO3. The van der Waals surface area contributed by atoms with Crippen molar-refractivity contribution in [2.75, 3.05) is 13.2 Å². The van der Waals surface area contributed by atoms with Gasteiger partial charge in [-0.25, -0.2) is 0 Å². The Hall–Kier alpha value is -1.07. The lowest BCUT2D eigenvalue weighted by atomic mass is 10.2. The fourth-order valence-electron chi connectivity index (χ4n) is 1.26. The van der Waals surface area contributed by atoms with E-state index in [0.29, 0.717) is 17.0 Å². The van der Waals surface area contributed by atoms with E-state index in [1.54, 1.807) is 18.2 Å². The lowest BCUT2D eigenvalue weighted by molar-refractivity contribution is -0.116. The predicted octanol–water partition coefficient (Wildman–Crippen LogP) is 2.33. The third-order valence-electron chi connectivity index (χ3n) is 2.13. The van der Waals surface area contributed by atoms with E-state index < -0.39 is 0 Å². The van der Waals surface area contributed by atoms with Crippen LogP contribution in [0.4, 0.5) is 0 Å². The number of carbonyl (C=O) groups excluding carboxylic acids is 1. The molecule has 1 heterocycles. The van der Waals surface area contributed by atoms with Crippen molar-refractivity contribution in [3.8, 4) is 0 Å². The van der Waals surface area contributed by atoms with Crippen molar-refractivity contribution < 1.29 is 14.3 Å². The van der Waals surface area contributed by atoms with Crippen LogP contribution in [0.25, 0.3) is 6.08 Å². The summed E-state index contributed by atoms with van der Waals surface area (Å²) in [7, 11) is 0. The lowest BCUT2D eigenvalue weighted by Gasteiger charge is -2.00. The number of carbonyl (C=O) groups is 1. The fourth-order valence-corrected chi connectivity index (χ4v) is 1.58. The van der Waals surface area contributed by atoms with Crippen molar-refractivity contribution in [3.63, 3.8) is 0 Å². The molecule has 1 amide bonds. The SMILES string of the molecule is O=C(/C=C/c1ccc(Br)o1)NCCCCCO. The minimum absolute atomic E-state index is 0.137. The molecule has 4 nitrogen and oxygen atoms in total. The first-order chi connectivity index (χ1) is 8.22. The van der Waals surface area contributed by atoms with Crippen LogP contribution >= 0.6 is 15.9 Å². The molecule has 0 aliphatic heterocycles. The van der Waals surface area contributed by atoms with E-state index in [4.69, 9.17) is 9.52 Å². The van der Waals surface area contributed by atoms with Crippen LogP contribution in [0.1, 0.15) is 25.0 Å². The fraction of sp³-hybridized carbons (Fsp3) is 0.417. The summed E-state index contributed by atoms with van der Waals surface area (Å²) < 4.78 is 5.85. The Morgan fingerprint density at radius 3 is 2.88 bits per heavy atom. The van der Waals surface area contributed by atoms with Gasteiger partial charge in [0.2, 0.25) is 5.91 Å². The van der Waals surface area contributed by atoms with Gasteiger partial charge in [0, 0.05) is 19.2 Å². The van der Waals surface area contributed by atoms with Crippen LogP contribution in [0.2, 0.25) is 0 Å². The van der Waals surface area contributed by atoms with Crippen LogP contribution in [0, 0.1) is 0 Å². The van der Waals surface area contributed by atoms with Crippen molar-refractivity contribution in [2.45, 2.75) is 19.3 Å². The molecule has 1 aromatic heterocycles. The average Bonchev–Trinajstić information content (AvgIpc) is 2.72. The second-order valence-corrected chi connectivity index (χ2v) is 4.33. The molecular weight excluding hydrogens is 286 g/mol. The number of halogens is 1. The van der Waals surface area contributed by atoms with E-state index in [1.807, 2.05) is 0 Å². The summed E-state index contributed by atoms with van der Waals surface area (Å²) in [5.41, 5.74) is 0. The van der Waals surface area contributed by atoms with Crippen molar-refractivity contribution in [3.05, 3.63) is 28.6 Å². The first-order valence-corrected chi connectivity index (χ1v) is 6.34. The first kappa shape index (κ1) is 14.0. The third-order valence-corrected chi connectivity index (χ3v) is 2.55. The van der Waals surface area contributed by atoms with Crippen molar-refractivity contribution >= 4 is 27.9 Å². The summed E-state index contributed by atoms with van der Waals surface area (Å²) in [6.45, 7) is 0.840. The molecule has 0 bridgehead atoms. The molecule has 2 N–H and O–H groups in total. The normalized spacial score (nSPS) is 10.9. The third kappa shape index (κ3) is 6.28. The monoisotopic (exact) mass is 301 g/mol. The van der Waals surface area contributed by atoms with Gasteiger partial charge in [0.1, 0.15) is 5.76 Å². The lowest BCUT2D eigenvalue weighted by Crippen LogP contribution is -2.21. The summed E-state index contributed by atoms with van der Waals surface area (Å²) in [6.07, 6.45) is 5.65. The highest BCUT2D eigenvalue weighted by Gasteiger charge is 1.97. The maximum absolute atomic E-state index is 11.4. The zero-order valence-corrected chi connectivity index (χ0v) is 11.1. The quantitative estimate of drug-likeness (QED) is 0.600. The van der Waals surface area contributed by atoms with E-state index in [1.165, 1.54) is 6.08 Å². The predicted molar refractivity (Wildman–Crippen MR) is 69.4 cm³/mol. The van der Waals surface area contributed by atoms with Crippen LogP contribution in [0.5, 0.6) is 0 Å². The Kier molecular flexibility index (Phi) is 6.65. The molecule has 0 fully saturated rings. The molecule has 0 saturated carbocycles. The molecule has 0 unspecified atom stereocenters. The highest BCUT2D eigenvalue weighted by Crippen LogP contribution is 2.14. The highest BCUT2D eigenvalue weighted by molar-refractivity contribution is 9.10. The van der Waals surface area contributed by atoms with Gasteiger partial charge in [-0.15, -0.1) is 0 Å². The number of aliphatic hydroxyl groups excluding tert-OH is 1. The number of rotatable bonds is 7. The molecule has 1 aromatic rings. The van der Waals surface area contributed by atoms with E-state index in [-0.39, 0.29) is 12.5 Å². The smallest absolute Gasteiger partial charge is 0.244 e. The Morgan fingerprint density at radius 1 is 1.41 bits per heavy atom. The Bertz CT molecular complexity index is 374. The van der Waals surface area contributed by atoms with Crippen molar-refractivity contribution in [2.24, 2.45) is 0 Å². The van der Waals surface area contributed by atoms with Gasteiger partial charge in [0.25, 0.3) is 0 Å². The molecule has 0 atom stereocenters. The van der Waals surface area contributed by atoms with Gasteiger partial charge in [-0.3, -0.25) is 4.79 Å². The number of hydrogen-bond acceptors (Lipinski definition) is 3. The van der Waals surface area contributed by atoms with Crippen LogP contribution in [-0.4, -0.2) is 24.2 Å². The molecule has 94 valence electrons. The topological polar surface area (TPSA) is 62.5 Å². The van der Waals surface area contributed by atoms with E-state index in [9.17, 15) is 4.79 Å².